The Kier molecular flexibility index (Phi) is 4.39. The lowest BCUT2D eigenvalue weighted by atomic mass is 10.1. The van der Waals surface area contributed by atoms with E-state index in [1.807, 2.05) is 0 Å². The molecule has 0 amide bonds. The Labute approximate surface area is 123 Å². The molecule has 1 heterocycles. The van der Waals surface area contributed by atoms with E-state index in [0.717, 1.165) is 0 Å². The third kappa shape index (κ3) is 2.73. The fourth-order valence-corrected chi connectivity index (χ4v) is 2.26. The van der Waals surface area contributed by atoms with Gasteiger partial charge in [-0.1, -0.05) is 23.7 Å². The summed E-state index contributed by atoms with van der Waals surface area (Å²) in [5.41, 5.74) is 0.826. The molecule has 0 radical (unpaired) electrons. The number of halogens is 3. The summed E-state index contributed by atoms with van der Waals surface area (Å²) in [5, 5.41) is 9.48. The molecule has 0 bridgehead atoms. The number of hydrogen-bond acceptors (Lipinski definition) is 3. The molecule has 0 spiro atoms. The standard InChI is InChI=1S/C13H10BrClFNO2/c1-19-13-7(6-18)5-10(16)12(17-13)8-3-2-4-9(14)11(8)15/h2-5,18H,6H2,1H3. The predicted molar refractivity (Wildman–Crippen MR) is 74.8 cm³/mol. The SMILES string of the molecule is COc1nc(-c2cccc(Br)c2Cl)c(F)cc1CO. The maximum absolute atomic E-state index is 14.0. The molecule has 3 nitrogen and oxygen atoms in total. The van der Waals surface area contributed by atoms with Gasteiger partial charge in [-0.3, -0.25) is 0 Å². The van der Waals surface area contributed by atoms with Crippen molar-refractivity contribution in [3.05, 3.63) is 45.1 Å². The molecule has 0 fully saturated rings. The molecule has 1 aromatic carbocycles. The molecule has 2 rings (SSSR count). The van der Waals surface area contributed by atoms with Crippen LogP contribution in [0.5, 0.6) is 5.88 Å². The average molecular weight is 347 g/mol. The molecule has 0 saturated heterocycles. The highest BCUT2D eigenvalue weighted by Gasteiger charge is 2.16. The van der Waals surface area contributed by atoms with Gasteiger partial charge in [-0.2, -0.15) is 0 Å². The summed E-state index contributed by atoms with van der Waals surface area (Å²) < 4.78 is 19.7. The fourth-order valence-electron chi connectivity index (χ4n) is 1.68. The van der Waals surface area contributed by atoms with E-state index in [9.17, 15) is 4.39 Å². The van der Waals surface area contributed by atoms with Crippen molar-refractivity contribution >= 4 is 27.5 Å². The number of nitrogens with zero attached hydrogens (tertiary/aromatic N) is 1. The number of aromatic nitrogens is 1. The number of rotatable bonds is 3. The fraction of sp³-hybridized carbons (Fsp3) is 0.154. The second kappa shape index (κ2) is 5.86. The predicted octanol–water partition coefficient (Wildman–Crippen LogP) is 3.80. The van der Waals surface area contributed by atoms with Crippen LogP contribution in [0.2, 0.25) is 5.02 Å². The smallest absolute Gasteiger partial charge is 0.219 e. The van der Waals surface area contributed by atoms with Crippen molar-refractivity contribution in [1.29, 1.82) is 0 Å². The number of aliphatic hydroxyl groups excluding tert-OH is 1. The van der Waals surface area contributed by atoms with Gasteiger partial charge in [0.25, 0.3) is 0 Å². The van der Waals surface area contributed by atoms with Gasteiger partial charge in [-0.25, -0.2) is 9.37 Å². The lowest BCUT2D eigenvalue weighted by Gasteiger charge is -2.11. The molecule has 0 saturated carbocycles. The second-order valence-electron chi connectivity index (χ2n) is 3.75. The molecular weight excluding hydrogens is 337 g/mol. The first-order valence-electron chi connectivity index (χ1n) is 5.37. The Morgan fingerprint density at radius 2 is 2.21 bits per heavy atom. The quantitative estimate of drug-likeness (QED) is 0.919. The topological polar surface area (TPSA) is 42.4 Å². The summed E-state index contributed by atoms with van der Waals surface area (Å²) in [4.78, 5) is 4.07. The Bertz CT molecular complexity index is 622. The number of methoxy groups -OCH3 is 1. The van der Waals surface area contributed by atoms with Gasteiger partial charge in [0.2, 0.25) is 5.88 Å². The number of pyridine rings is 1. The van der Waals surface area contributed by atoms with Crippen molar-refractivity contribution in [2.75, 3.05) is 7.11 Å². The van der Waals surface area contributed by atoms with Crippen LogP contribution in [-0.4, -0.2) is 17.2 Å². The number of ether oxygens (including phenoxy) is 1. The molecule has 0 atom stereocenters. The van der Waals surface area contributed by atoms with E-state index in [0.29, 0.717) is 15.1 Å². The number of benzene rings is 1. The van der Waals surface area contributed by atoms with Crippen LogP contribution in [0, 0.1) is 5.82 Å². The van der Waals surface area contributed by atoms with E-state index < -0.39 is 5.82 Å². The monoisotopic (exact) mass is 345 g/mol. The Hall–Kier alpha value is -1.17. The molecule has 0 aliphatic rings. The maximum atomic E-state index is 14.0. The molecule has 0 aliphatic carbocycles. The normalized spacial score (nSPS) is 10.6. The van der Waals surface area contributed by atoms with Gasteiger partial charge in [-0.05, 0) is 28.1 Å². The highest BCUT2D eigenvalue weighted by molar-refractivity contribution is 9.10. The Balaban J connectivity index is 2.65. The van der Waals surface area contributed by atoms with Gasteiger partial charge >= 0.3 is 0 Å². The number of aliphatic hydroxyl groups is 1. The lowest BCUT2D eigenvalue weighted by Crippen LogP contribution is -2.00. The van der Waals surface area contributed by atoms with E-state index in [4.69, 9.17) is 21.4 Å². The van der Waals surface area contributed by atoms with Crippen molar-refractivity contribution in [2.24, 2.45) is 0 Å². The largest absolute Gasteiger partial charge is 0.481 e. The summed E-state index contributed by atoms with van der Waals surface area (Å²) >= 11 is 9.40. The van der Waals surface area contributed by atoms with Gasteiger partial charge in [0.15, 0.2) is 0 Å². The average Bonchev–Trinajstić information content (AvgIpc) is 2.42. The highest BCUT2D eigenvalue weighted by atomic mass is 79.9. The summed E-state index contributed by atoms with van der Waals surface area (Å²) in [5.74, 6) is -0.389. The van der Waals surface area contributed by atoms with Crippen LogP contribution < -0.4 is 4.74 Å². The maximum Gasteiger partial charge on any atom is 0.219 e. The summed E-state index contributed by atoms with van der Waals surface area (Å²) in [6.45, 7) is -0.348. The van der Waals surface area contributed by atoms with Gasteiger partial charge < -0.3 is 9.84 Å². The third-order valence-corrected chi connectivity index (χ3v) is 3.88. The third-order valence-electron chi connectivity index (χ3n) is 2.59. The molecule has 0 aliphatic heterocycles. The first-order chi connectivity index (χ1) is 9.08. The van der Waals surface area contributed by atoms with Crippen LogP contribution in [-0.2, 0) is 6.61 Å². The first-order valence-corrected chi connectivity index (χ1v) is 6.54. The minimum atomic E-state index is -0.565. The van der Waals surface area contributed by atoms with Crippen molar-refractivity contribution in [3.63, 3.8) is 0 Å². The minimum absolute atomic E-state index is 0.0837. The molecule has 19 heavy (non-hydrogen) atoms. The zero-order valence-corrected chi connectivity index (χ0v) is 12.3. The van der Waals surface area contributed by atoms with E-state index in [-0.39, 0.29) is 23.7 Å². The van der Waals surface area contributed by atoms with E-state index in [2.05, 4.69) is 20.9 Å². The van der Waals surface area contributed by atoms with Crippen LogP contribution in [0.4, 0.5) is 4.39 Å². The van der Waals surface area contributed by atoms with Gasteiger partial charge in [0.05, 0.1) is 18.7 Å². The van der Waals surface area contributed by atoms with Crippen LogP contribution in [0.25, 0.3) is 11.3 Å². The van der Waals surface area contributed by atoms with Gasteiger partial charge in [0, 0.05) is 15.6 Å². The van der Waals surface area contributed by atoms with Crippen molar-refractivity contribution in [2.45, 2.75) is 6.61 Å². The Morgan fingerprint density at radius 3 is 2.84 bits per heavy atom. The zero-order valence-electron chi connectivity index (χ0n) is 9.95. The second-order valence-corrected chi connectivity index (χ2v) is 4.98. The molecule has 1 N–H and O–H groups in total. The number of hydrogen-bond donors (Lipinski definition) is 1. The van der Waals surface area contributed by atoms with Crippen LogP contribution in [0.1, 0.15) is 5.56 Å². The van der Waals surface area contributed by atoms with Gasteiger partial charge in [-0.15, -0.1) is 0 Å². The Morgan fingerprint density at radius 1 is 1.47 bits per heavy atom. The molecular formula is C13H10BrClFNO2. The lowest BCUT2D eigenvalue weighted by molar-refractivity contribution is 0.270. The molecule has 1 aromatic heterocycles. The summed E-state index contributed by atoms with van der Waals surface area (Å²) in [6.07, 6.45) is 0. The van der Waals surface area contributed by atoms with E-state index in [1.54, 1.807) is 18.2 Å². The van der Waals surface area contributed by atoms with Crippen LogP contribution in [0.3, 0.4) is 0 Å². The highest BCUT2D eigenvalue weighted by Crippen LogP contribution is 2.35. The first kappa shape index (κ1) is 14.2. The van der Waals surface area contributed by atoms with E-state index >= 15 is 0 Å². The van der Waals surface area contributed by atoms with Crippen LogP contribution >= 0.6 is 27.5 Å². The summed E-state index contributed by atoms with van der Waals surface area (Å²) in [7, 11) is 1.41. The van der Waals surface area contributed by atoms with Crippen molar-refractivity contribution < 1.29 is 14.2 Å². The van der Waals surface area contributed by atoms with Gasteiger partial charge in [0.1, 0.15) is 11.5 Å². The van der Waals surface area contributed by atoms with Crippen molar-refractivity contribution in [3.8, 4) is 17.1 Å². The minimum Gasteiger partial charge on any atom is -0.481 e. The molecule has 2 aromatic rings. The zero-order chi connectivity index (χ0) is 14.0. The molecule has 100 valence electrons. The van der Waals surface area contributed by atoms with E-state index in [1.165, 1.54) is 13.2 Å². The summed E-state index contributed by atoms with van der Waals surface area (Å²) in [6, 6.07) is 6.34. The van der Waals surface area contributed by atoms with Crippen LogP contribution in [0.15, 0.2) is 28.7 Å². The molecule has 6 heteroatoms. The molecule has 0 unspecified atom stereocenters. The van der Waals surface area contributed by atoms with Crippen molar-refractivity contribution in [1.82, 2.24) is 4.98 Å².